The first-order valence-electron chi connectivity index (χ1n) is 12.0. The minimum absolute atomic E-state index is 0.135. The lowest BCUT2D eigenvalue weighted by Crippen LogP contribution is -2.05. The fourth-order valence-electron chi connectivity index (χ4n) is 4.59. The predicted octanol–water partition coefficient (Wildman–Crippen LogP) is 9.75. The van der Waals surface area contributed by atoms with Gasteiger partial charge in [-0.2, -0.15) is 0 Å². The summed E-state index contributed by atoms with van der Waals surface area (Å²) in [5, 5.41) is 2.03. The summed E-state index contributed by atoms with van der Waals surface area (Å²) in [6.07, 6.45) is 3.56. The van der Waals surface area contributed by atoms with Crippen molar-refractivity contribution in [2.75, 3.05) is 0 Å². The number of para-hydroxylation sites is 1. The van der Waals surface area contributed by atoms with E-state index in [1.54, 1.807) is 60.7 Å². The molecule has 4 aromatic carbocycles. The van der Waals surface area contributed by atoms with Gasteiger partial charge in [-0.05, 0) is 78.9 Å². The number of aromatic amines is 1. The summed E-state index contributed by atoms with van der Waals surface area (Å²) >= 11 is 13.2. The second-order valence-corrected chi connectivity index (χ2v) is 11.2. The summed E-state index contributed by atoms with van der Waals surface area (Å²) in [5.74, 6) is -0.350. The number of carbonyl (C=O) groups excluding carboxylic acids is 2. The highest BCUT2D eigenvalue weighted by atomic mass is 79.9. The van der Waals surface area contributed by atoms with Crippen LogP contribution in [0.4, 0.5) is 0 Å². The Bertz CT molecular complexity index is 1920. The molecule has 39 heavy (non-hydrogen) atoms. The number of carbonyl (C=O) groups is 2. The summed E-state index contributed by atoms with van der Waals surface area (Å²) in [7, 11) is 0. The molecule has 0 fully saturated rings. The molecule has 0 radical (unpaired) electrons. The number of furan rings is 1. The fourth-order valence-corrected chi connectivity index (χ4v) is 5.30. The lowest BCUT2D eigenvalue weighted by atomic mass is 9.93. The van der Waals surface area contributed by atoms with Crippen LogP contribution in [0.25, 0.3) is 33.5 Å². The normalized spacial score (nSPS) is 11.8. The zero-order chi connectivity index (χ0) is 27.1. The number of allylic oxidation sites excluding steroid dienone is 1. The van der Waals surface area contributed by atoms with Gasteiger partial charge in [-0.1, -0.05) is 61.7 Å². The molecule has 0 unspecified atom stereocenters. The Morgan fingerprint density at radius 2 is 1.46 bits per heavy atom. The van der Waals surface area contributed by atoms with Gasteiger partial charge in [0.2, 0.25) is 5.78 Å². The van der Waals surface area contributed by atoms with Crippen LogP contribution in [0, 0.1) is 0 Å². The third kappa shape index (κ3) is 4.91. The smallest absolute Gasteiger partial charge is 0.228 e. The van der Waals surface area contributed by atoms with Crippen molar-refractivity contribution in [1.29, 1.82) is 0 Å². The number of halogens is 3. The Labute approximate surface area is 245 Å². The van der Waals surface area contributed by atoms with Crippen LogP contribution in [-0.2, 0) is 0 Å². The summed E-state index contributed by atoms with van der Waals surface area (Å²) in [4.78, 5) is 31.1. The molecule has 7 heteroatoms. The molecule has 0 aliphatic heterocycles. The van der Waals surface area contributed by atoms with Gasteiger partial charge < -0.3 is 9.40 Å². The molecule has 1 N–H and O–H groups in total. The molecule has 0 aliphatic carbocycles. The highest BCUT2D eigenvalue weighted by molar-refractivity contribution is 9.10. The predicted molar refractivity (Wildman–Crippen MR) is 163 cm³/mol. The van der Waals surface area contributed by atoms with Gasteiger partial charge >= 0.3 is 0 Å². The van der Waals surface area contributed by atoms with Gasteiger partial charge in [0.1, 0.15) is 5.58 Å². The second-order valence-electron chi connectivity index (χ2n) is 8.96. The van der Waals surface area contributed by atoms with Crippen molar-refractivity contribution in [3.05, 3.63) is 139 Å². The van der Waals surface area contributed by atoms with E-state index in [9.17, 15) is 9.59 Å². The van der Waals surface area contributed by atoms with E-state index < -0.39 is 0 Å². The van der Waals surface area contributed by atoms with Crippen molar-refractivity contribution in [3.63, 3.8) is 0 Å². The molecule has 0 atom stereocenters. The van der Waals surface area contributed by atoms with Crippen molar-refractivity contribution < 1.29 is 14.0 Å². The molecule has 6 aromatic rings. The highest BCUT2D eigenvalue weighted by Gasteiger charge is 2.25. The van der Waals surface area contributed by atoms with E-state index in [0.29, 0.717) is 38.3 Å². The van der Waals surface area contributed by atoms with Gasteiger partial charge in [-0.15, -0.1) is 0 Å². The van der Waals surface area contributed by atoms with Gasteiger partial charge in [0, 0.05) is 64.3 Å². The number of nitrogens with one attached hydrogen (secondary N) is 1. The molecule has 0 saturated heterocycles. The molecule has 0 aliphatic rings. The van der Waals surface area contributed by atoms with Crippen molar-refractivity contribution >= 4 is 88.5 Å². The highest BCUT2D eigenvalue weighted by Crippen LogP contribution is 2.36. The van der Waals surface area contributed by atoms with Gasteiger partial charge in [0.05, 0.1) is 0 Å². The lowest BCUT2D eigenvalue weighted by Gasteiger charge is -2.08. The zero-order valence-electron chi connectivity index (χ0n) is 20.2. The van der Waals surface area contributed by atoms with Crippen molar-refractivity contribution in [3.8, 4) is 0 Å². The average Bonchev–Trinajstić information content (AvgIpc) is 3.53. The van der Waals surface area contributed by atoms with E-state index in [-0.39, 0.29) is 17.3 Å². The number of hydrogen-bond acceptors (Lipinski definition) is 3. The number of H-pyrrole nitrogens is 1. The minimum atomic E-state index is -0.296. The second kappa shape index (κ2) is 10.5. The van der Waals surface area contributed by atoms with Crippen LogP contribution in [0.2, 0.25) is 5.02 Å². The third-order valence-electron chi connectivity index (χ3n) is 6.52. The van der Waals surface area contributed by atoms with Crippen LogP contribution < -0.4 is 0 Å². The Morgan fingerprint density at radius 3 is 2.18 bits per heavy atom. The molecule has 2 aromatic heterocycles. The van der Waals surface area contributed by atoms with E-state index in [1.165, 1.54) is 0 Å². The molecule has 0 amide bonds. The number of ketones is 2. The maximum Gasteiger partial charge on any atom is 0.228 e. The third-order valence-corrected chi connectivity index (χ3v) is 7.81. The average molecular weight is 660 g/mol. The number of fused-ring (bicyclic) bond motifs is 2. The van der Waals surface area contributed by atoms with E-state index in [2.05, 4.69) is 36.8 Å². The molecular formula is C32H18Br2ClNO3. The van der Waals surface area contributed by atoms with Crippen molar-refractivity contribution in [1.82, 2.24) is 4.98 Å². The Morgan fingerprint density at radius 1 is 0.795 bits per heavy atom. The van der Waals surface area contributed by atoms with E-state index in [0.717, 1.165) is 25.4 Å². The lowest BCUT2D eigenvalue weighted by molar-refractivity contribution is 0.101. The van der Waals surface area contributed by atoms with Gasteiger partial charge in [-0.3, -0.25) is 9.59 Å². The Kier molecular flexibility index (Phi) is 6.85. The first-order valence-corrected chi connectivity index (χ1v) is 14.0. The van der Waals surface area contributed by atoms with Crippen molar-refractivity contribution in [2.24, 2.45) is 0 Å². The monoisotopic (exact) mass is 657 g/mol. The SMILES string of the molecule is O=C(/C(=C\c1c(C(=O)c2ccc(Br)cc2)oc2ccc(Cl)cc12)c1c[nH]c2ccccc12)c1ccc(Br)cc1. The van der Waals surface area contributed by atoms with Crippen LogP contribution in [0.3, 0.4) is 0 Å². The molecule has 2 heterocycles. The molecule has 4 nitrogen and oxygen atoms in total. The maximum absolute atomic E-state index is 14.1. The standard InChI is InChI=1S/C32H18Br2ClNO3/c33-20-9-5-18(6-10-20)30(37)25(27-17-36-28-4-2-1-3-23(27)28)16-26-24-15-22(35)13-14-29(24)39-32(26)31(38)19-7-11-21(34)12-8-19/h1-17,36H/b25-16-. The number of hydrogen-bond donors (Lipinski definition) is 1. The van der Waals surface area contributed by atoms with Crippen LogP contribution in [0.1, 0.15) is 37.6 Å². The first kappa shape index (κ1) is 25.6. The fraction of sp³-hybridized carbons (Fsp3) is 0. The minimum Gasteiger partial charge on any atom is -0.452 e. The molecular weight excluding hydrogens is 642 g/mol. The molecule has 0 bridgehead atoms. The topological polar surface area (TPSA) is 63.1 Å². The first-order chi connectivity index (χ1) is 18.9. The van der Waals surface area contributed by atoms with Crippen molar-refractivity contribution in [2.45, 2.75) is 0 Å². The Hall–Kier alpha value is -3.71. The molecule has 0 spiro atoms. The van der Waals surface area contributed by atoms with Crippen LogP contribution in [0.5, 0.6) is 0 Å². The molecule has 6 rings (SSSR count). The van der Waals surface area contributed by atoms with Crippen LogP contribution >= 0.6 is 43.5 Å². The quantitative estimate of drug-likeness (QED) is 0.143. The Balaban J connectivity index is 1.62. The van der Waals surface area contributed by atoms with Gasteiger partial charge in [0.15, 0.2) is 11.5 Å². The number of benzene rings is 4. The van der Waals surface area contributed by atoms with Gasteiger partial charge in [-0.25, -0.2) is 0 Å². The van der Waals surface area contributed by atoms with E-state index in [1.807, 2.05) is 42.6 Å². The van der Waals surface area contributed by atoms with E-state index in [4.69, 9.17) is 16.0 Å². The maximum atomic E-state index is 14.1. The van der Waals surface area contributed by atoms with Crippen LogP contribution in [0.15, 0.2) is 111 Å². The number of rotatable bonds is 6. The summed E-state index contributed by atoms with van der Waals surface area (Å²) in [6.45, 7) is 0. The summed E-state index contributed by atoms with van der Waals surface area (Å²) in [6, 6.07) is 27.2. The summed E-state index contributed by atoms with van der Waals surface area (Å²) < 4.78 is 7.85. The zero-order valence-corrected chi connectivity index (χ0v) is 24.1. The molecule has 190 valence electrons. The number of aromatic nitrogens is 1. The molecule has 0 saturated carbocycles. The largest absolute Gasteiger partial charge is 0.452 e. The van der Waals surface area contributed by atoms with Gasteiger partial charge in [0.25, 0.3) is 0 Å². The number of Topliss-reactive ketones (excluding diaryl/α,β-unsaturated/α-hetero) is 1. The van der Waals surface area contributed by atoms with E-state index >= 15 is 0 Å². The summed E-state index contributed by atoms with van der Waals surface area (Å²) in [5.41, 5.74) is 4.01. The van der Waals surface area contributed by atoms with Crippen LogP contribution in [-0.4, -0.2) is 16.6 Å².